The lowest BCUT2D eigenvalue weighted by atomic mass is 10.0. The van der Waals surface area contributed by atoms with Gasteiger partial charge in [-0.2, -0.15) is 0 Å². The van der Waals surface area contributed by atoms with Gasteiger partial charge in [-0.25, -0.2) is 0 Å². The molecule has 1 rings (SSSR count). The summed E-state index contributed by atoms with van der Waals surface area (Å²) >= 11 is 0. The maximum absolute atomic E-state index is 3.57. The quantitative estimate of drug-likeness (QED) is 0.675. The first kappa shape index (κ1) is 10.0. The third-order valence-electron chi connectivity index (χ3n) is 2.62. The van der Waals surface area contributed by atoms with E-state index in [1.54, 1.807) is 0 Å². The molecule has 1 saturated heterocycles. The summed E-state index contributed by atoms with van der Waals surface area (Å²) in [5.41, 5.74) is 0.350. The molecule has 1 aliphatic rings. The second-order valence-corrected chi connectivity index (χ2v) is 4.40. The standard InChI is InChI=1S/C10H22N2/c1-4-7-12-8-5-10(2,3)11-6-9-12/h11H,4-9H2,1-3H3. The molecular formula is C10H22N2. The summed E-state index contributed by atoms with van der Waals surface area (Å²) in [7, 11) is 0. The number of hydrogen-bond acceptors (Lipinski definition) is 2. The smallest absolute Gasteiger partial charge is 0.0137 e. The first-order valence-corrected chi connectivity index (χ1v) is 5.11. The van der Waals surface area contributed by atoms with Crippen molar-refractivity contribution in [3.8, 4) is 0 Å². The highest BCUT2D eigenvalue weighted by Crippen LogP contribution is 2.12. The first-order chi connectivity index (χ1) is 5.64. The van der Waals surface area contributed by atoms with Crippen molar-refractivity contribution in [1.29, 1.82) is 0 Å². The van der Waals surface area contributed by atoms with E-state index in [1.165, 1.54) is 32.5 Å². The van der Waals surface area contributed by atoms with Gasteiger partial charge in [-0.1, -0.05) is 6.92 Å². The lowest BCUT2D eigenvalue weighted by Gasteiger charge is -2.23. The van der Waals surface area contributed by atoms with Crippen molar-refractivity contribution >= 4 is 0 Å². The first-order valence-electron chi connectivity index (χ1n) is 5.11. The molecule has 0 atom stereocenters. The predicted octanol–water partition coefficient (Wildman–Crippen LogP) is 1.47. The van der Waals surface area contributed by atoms with E-state index in [4.69, 9.17) is 0 Å². The molecule has 12 heavy (non-hydrogen) atoms. The molecule has 1 heterocycles. The van der Waals surface area contributed by atoms with Gasteiger partial charge in [0, 0.05) is 18.6 Å². The van der Waals surface area contributed by atoms with Gasteiger partial charge < -0.3 is 10.2 Å². The zero-order valence-corrected chi connectivity index (χ0v) is 8.69. The second-order valence-electron chi connectivity index (χ2n) is 4.40. The Labute approximate surface area is 76.3 Å². The van der Waals surface area contributed by atoms with E-state index in [0.717, 1.165) is 6.54 Å². The van der Waals surface area contributed by atoms with Gasteiger partial charge in [0.05, 0.1) is 0 Å². The molecule has 0 amide bonds. The Kier molecular flexibility index (Phi) is 3.53. The third kappa shape index (κ3) is 3.11. The van der Waals surface area contributed by atoms with Gasteiger partial charge in [0.15, 0.2) is 0 Å². The summed E-state index contributed by atoms with van der Waals surface area (Å²) in [6, 6.07) is 0. The van der Waals surface area contributed by atoms with E-state index < -0.39 is 0 Å². The largest absolute Gasteiger partial charge is 0.310 e. The Balaban J connectivity index is 2.34. The van der Waals surface area contributed by atoms with E-state index in [9.17, 15) is 0 Å². The molecule has 2 nitrogen and oxygen atoms in total. The lowest BCUT2D eigenvalue weighted by molar-refractivity contribution is 0.284. The van der Waals surface area contributed by atoms with Crippen LogP contribution in [0.2, 0.25) is 0 Å². The van der Waals surface area contributed by atoms with Gasteiger partial charge in [0.25, 0.3) is 0 Å². The SMILES string of the molecule is CCCN1CCNC(C)(C)CC1. The fourth-order valence-electron chi connectivity index (χ4n) is 1.73. The highest BCUT2D eigenvalue weighted by Gasteiger charge is 2.21. The van der Waals surface area contributed by atoms with Crippen LogP contribution in [0.25, 0.3) is 0 Å². The predicted molar refractivity (Wildman–Crippen MR) is 53.4 cm³/mol. The Morgan fingerprint density at radius 3 is 2.75 bits per heavy atom. The van der Waals surface area contributed by atoms with Crippen LogP contribution < -0.4 is 5.32 Å². The summed E-state index contributed by atoms with van der Waals surface area (Å²) in [5.74, 6) is 0. The Morgan fingerprint density at radius 2 is 2.08 bits per heavy atom. The van der Waals surface area contributed by atoms with Gasteiger partial charge in [0.2, 0.25) is 0 Å². The summed E-state index contributed by atoms with van der Waals surface area (Å²) in [6.07, 6.45) is 2.55. The fourth-order valence-corrected chi connectivity index (χ4v) is 1.73. The van der Waals surface area contributed by atoms with Gasteiger partial charge in [-0.05, 0) is 39.8 Å². The molecular weight excluding hydrogens is 148 g/mol. The van der Waals surface area contributed by atoms with E-state index in [1.807, 2.05) is 0 Å². The van der Waals surface area contributed by atoms with Gasteiger partial charge >= 0.3 is 0 Å². The van der Waals surface area contributed by atoms with Crippen LogP contribution in [0.5, 0.6) is 0 Å². The van der Waals surface area contributed by atoms with Crippen LogP contribution >= 0.6 is 0 Å². The van der Waals surface area contributed by atoms with E-state index >= 15 is 0 Å². The number of hydrogen-bond donors (Lipinski definition) is 1. The van der Waals surface area contributed by atoms with Crippen LogP contribution in [0.1, 0.15) is 33.6 Å². The van der Waals surface area contributed by atoms with E-state index in [-0.39, 0.29) is 0 Å². The summed E-state index contributed by atoms with van der Waals surface area (Å²) in [5, 5.41) is 3.57. The normalized spacial score (nSPS) is 25.2. The van der Waals surface area contributed by atoms with Crippen molar-refractivity contribution < 1.29 is 0 Å². The zero-order valence-electron chi connectivity index (χ0n) is 8.69. The van der Waals surface area contributed by atoms with Crippen molar-refractivity contribution in [2.75, 3.05) is 26.2 Å². The minimum atomic E-state index is 0.350. The highest BCUT2D eigenvalue weighted by molar-refractivity contribution is 4.82. The van der Waals surface area contributed by atoms with E-state index in [0.29, 0.717) is 5.54 Å². The molecule has 0 spiro atoms. The van der Waals surface area contributed by atoms with Crippen molar-refractivity contribution in [3.63, 3.8) is 0 Å². The minimum Gasteiger partial charge on any atom is -0.310 e. The maximum Gasteiger partial charge on any atom is 0.0137 e. The molecule has 0 radical (unpaired) electrons. The Bertz CT molecular complexity index is 132. The third-order valence-corrected chi connectivity index (χ3v) is 2.62. The second kappa shape index (κ2) is 4.24. The molecule has 0 saturated carbocycles. The molecule has 2 heteroatoms. The Hall–Kier alpha value is -0.0800. The van der Waals surface area contributed by atoms with Crippen LogP contribution in [0.3, 0.4) is 0 Å². The van der Waals surface area contributed by atoms with Crippen LogP contribution in [-0.2, 0) is 0 Å². The highest BCUT2D eigenvalue weighted by atomic mass is 15.2. The summed E-state index contributed by atoms with van der Waals surface area (Å²) in [6.45, 7) is 11.7. The van der Waals surface area contributed by atoms with Crippen LogP contribution in [0, 0.1) is 0 Å². The average Bonchev–Trinajstić information content (AvgIpc) is 2.14. The molecule has 1 fully saturated rings. The van der Waals surface area contributed by atoms with Crippen molar-refractivity contribution in [3.05, 3.63) is 0 Å². The van der Waals surface area contributed by atoms with E-state index in [2.05, 4.69) is 31.0 Å². The molecule has 0 aromatic heterocycles. The summed E-state index contributed by atoms with van der Waals surface area (Å²) < 4.78 is 0. The molecule has 0 aromatic rings. The lowest BCUT2D eigenvalue weighted by Crippen LogP contribution is -2.39. The fraction of sp³-hybridized carbons (Fsp3) is 1.00. The molecule has 0 aromatic carbocycles. The van der Waals surface area contributed by atoms with Gasteiger partial charge in [-0.15, -0.1) is 0 Å². The van der Waals surface area contributed by atoms with Crippen molar-refractivity contribution in [1.82, 2.24) is 10.2 Å². The zero-order chi connectivity index (χ0) is 9.03. The molecule has 0 bridgehead atoms. The maximum atomic E-state index is 3.57. The topological polar surface area (TPSA) is 15.3 Å². The average molecular weight is 170 g/mol. The summed E-state index contributed by atoms with van der Waals surface area (Å²) in [4.78, 5) is 2.56. The molecule has 1 aliphatic heterocycles. The van der Waals surface area contributed by atoms with Crippen molar-refractivity contribution in [2.45, 2.75) is 39.2 Å². The van der Waals surface area contributed by atoms with Gasteiger partial charge in [0.1, 0.15) is 0 Å². The molecule has 0 aliphatic carbocycles. The Morgan fingerprint density at radius 1 is 1.33 bits per heavy atom. The minimum absolute atomic E-state index is 0.350. The molecule has 0 unspecified atom stereocenters. The molecule has 1 N–H and O–H groups in total. The molecule has 72 valence electrons. The number of nitrogens with one attached hydrogen (secondary N) is 1. The number of nitrogens with zero attached hydrogens (tertiary/aromatic N) is 1. The monoisotopic (exact) mass is 170 g/mol. The van der Waals surface area contributed by atoms with Crippen LogP contribution in [-0.4, -0.2) is 36.6 Å². The van der Waals surface area contributed by atoms with Crippen LogP contribution in [0.4, 0.5) is 0 Å². The van der Waals surface area contributed by atoms with Crippen LogP contribution in [0.15, 0.2) is 0 Å². The number of rotatable bonds is 2. The van der Waals surface area contributed by atoms with Gasteiger partial charge in [-0.3, -0.25) is 0 Å². The van der Waals surface area contributed by atoms with Crippen molar-refractivity contribution in [2.24, 2.45) is 0 Å².